The van der Waals surface area contributed by atoms with Gasteiger partial charge in [0.2, 0.25) is 11.9 Å². The minimum absolute atomic E-state index is 0.0625. The van der Waals surface area contributed by atoms with E-state index < -0.39 is 0 Å². The highest BCUT2D eigenvalue weighted by Crippen LogP contribution is 2.32. The number of amides is 1. The zero-order chi connectivity index (χ0) is 21.6. The molecule has 4 rings (SSSR count). The quantitative estimate of drug-likeness (QED) is 0.475. The molecule has 2 aromatic heterocycles. The number of nitrogens with zero attached hydrogens (tertiary/aromatic N) is 5. The summed E-state index contributed by atoms with van der Waals surface area (Å²) in [4.78, 5) is 17.9. The van der Waals surface area contributed by atoms with Crippen LogP contribution < -0.4 is 9.64 Å². The Morgan fingerprint density at radius 2 is 1.97 bits per heavy atom. The molecule has 0 saturated carbocycles. The van der Waals surface area contributed by atoms with Gasteiger partial charge in [-0.15, -0.1) is 21.5 Å². The summed E-state index contributed by atoms with van der Waals surface area (Å²) in [6.45, 7) is 2.54. The van der Waals surface area contributed by atoms with Gasteiger partial charge in [-0.2, -0.15) is 0 Å². The predicted molar refractivity (Wildman–Crippen MR) is 125 cm³/mol. The molecule has 0 bridgehead atoms. The highest BCUT2D eigenvalue weighted by atomic mass is 32.2. The molecule has 3 aromatic rings. The number of methoxy groups -OCH3 is 1. The minimum Gasteiger partial charge on any atom is -0.495 e. The van der Waals surface area contributed by atoms with E-state index in [0.29, 0.717) is 17.5 Å². The molecular weight excluding hydrogens is 430 g/mol. The lowest BCUT2D eigenvalue weighted by molar-refractivity contribution is -0.127. The van der Waals surface area contributed by atoms with Crippen molar-refractivity contribution in [1.29, 1.82) is 0 Å². The third-order valence-corrected chi connectivity index (χ3v) is 7.08. The second-order valence-electron chi connectivity index (χ2n) is 7.46. The van der Waals surface area contributed by atoms with Crippen LogP contribution in [0.2, 0.25) is 0 Å². The monoisotopic (exact) mass is 457 g/mol. The number of para-hydroxylation sites is 2. The molecule has 0 unspecified atom stereocenters. The molecular formula is C22H27N5O2S2. The Bertz CT molecular complexity index is 999. The van der Waals surface area contributed by atoms with E-state index in [4.69, 9.17) is 4.74 Å². The largest absolute Gasteiger partial charge is 0.495 e. The van der Waals surface area contributed by atoms with Gasteiger partial charge in [-0.3, -0.25) is 9.36 Å². The maximum Gasteiger partial charge on any atom is 0.233 e. The van der Waals surface area contributed by atoms with Gasteiger partial charge in [-0.25, -0.2) is 0 Å². The van der Waals surface area contributed by atoms with Crippen molar-refractivity contribution in [2.45, 2.75) is 31.0 Å². The van der Waals surface area contributed by atoms with Gasteiger partial charge >= 0.3 is 0 Å². The number of carbonyl (C=O) groups excluding carboxylic acids is 1. The predicted octanol–water partition coefficient (Wildman–Crippen LogP) is 4.08. The highest BCUT2D eigenvalue weighted by molar-refractivity contribution is 7.99. The minimum atomic E-state index is 0.0625. The van der Waals surface area contributed by atoms with Crippen molar-refractivity contribution in [3.05, 3.63) is 46.7 Å². The number of anilines is 1. The first-order chi connectivity index (χ1) is 15.2. The molecule has 0 spiro atoms. The van der Waals surface area contributed by atoms with Crippen molar-refractivity contribution < 1.29 is 9.53 Å². The van der Waals surface area contributed by atoms with Crippen LogP contribution in [0, 0.1) is 0 Å². The van der Waals surface area contributed by atoms with E-state index in [1.165, 1.54) is 23.1 Å². The van der Waals surface area contributed by atoms with Gasteiger partial charge in [0.05, 0.1) is 25.1 Å². The summed E-state index contributed by atoms with van der Waals surface area (Å²) in [5.74, 6) is 1.93. The fourth-order valence-corrected chi connectivity index (χ4v) is 5.28. The molecule has 3 heterocycles. The first kappa shape index (κ1) is 21.7. The summed E-state index contributed by atoms with van der Waals surface area (Å²) in [7, 11) is 3.51. The lowest BCUT2D eigenvalue weighted by Gasteiger charge is -2.28. The van der Waals surface area contributed by atoms with Crippen molar-refractivity contribution in [3.8, 4) is 11.4 Å². The third kappa shape index (κ3) is 5.04. The number of benzene rings is 1. The van der Waals surface area contributed by atoms with Crippen LogP contribution in [0.1, 0.15) is 24.1 Å². The average Bonchev–Trinajstić information content (AvgIpc) is 3.47. The second kappa shape index (κ2) is 10.2. The van der Waals surface area contributed by atoms with Crippen LogP contribution in [0.25, 0.3) is 5.69 Å². The van der Waals surface area contributed by atoms with Crippen LogP contribution in [0.5, 0.6) is 5.75 Å². The van der Waals surface area contributed by atoms with Crippen molar-refractivity contribution in [3.63, 3.8) is 0 Å². The number of thiophene rings is 1. The maximum absolute atomic E-state index is 12.7. The number of piperidine rings is 1. The zero-order valence-corrected chi connectivity index (χ0v) is 19.5. The van der Waals surface area contributed by atoms with Crippen molar-refractivity contribution >= 4 is 35.0 Å². The van der Waals surface area contributed by atoms with Gasteiger partial charge in [-0.1, -0.05) is 30.0 Å². The molecule has 1 aromatic carbocycles. The molecule has 0 radical (unpaired) electrons. The molecule has 7 nitrogen and oxygen atoms in total. The lowest BCUT2D eigenvalue weighted by atomic mass is 10.1. The number of hydrogen-bond donors (Lipinski definition) is 0. The van der Waals surface area contributed by atoms with E-state index in [0.717, 1.165) is 43.3 Å². The molecule has 31 heavy (non-hydrogen) atoms. The Hall–Kier alpha value is -2.52. The smallest absolute Gasteiger partial charge is 0.233 e. The molecule has 0 aliphatic carbocycles. The average molecular weight is 458 g/mol. The summed E-state index contributed by atoms with van der Waals surface area (Å²) in [6, 6.07) is 11.9. The Kier molecular flexibility index (Phi) is 7.14. The topological polar surface area (TPSA) is 63.5 Å². The SMILES string of the molecule is COc1ccccc1-n1c(SCC(=O)N(C)Cc2cccs2)nnc1N1CCCCC1. The molecule has 1 aliphatic heterocycles. The summed E-state index contributed by atoms with van der Waals surface area (Å²) >= 11 is 3.07. The summed E-state index contributed by atoms with van der Waals surface area (Å²) in [5.41, 5.74) is 0.887. The van der Waals surface area contributed by atoms with Crippen LogP contribution in [0.3, 0.4) is 0 Å². The van der Waals surface area contributed by atoms with E-state index in [1.807, 2.05) is 53.4 Å². The standard InChI is InChI=1S/C22H27N5O2S2/c1-25(15-17-9-8-14-30-17)20(28)16-31-22-24-23-21(26-12-6-3-7-13-26)27(22)18-10-4-5-11-19(18)29-2/h4-5,8-11,14H,3,6-7,12-13,15-16H2,1-2H3. The highest BCUT2D eigenvalue weighted by Gasteiger charge is 2.24. The Morgan fingerprint density at radius 3 is 2.71 bits per heavy atom. The van der Waals surface area contributed by atoms with E-state index in [2.05, 4.69) is 15.1 Å². The molecule has 1 fully saturated rings. The molecule has 1 saturated heterocycles. The number of carbonyl (C=O) groups is 1. The molecule has 0 atom stereocenters. The van der Waals surface area contributed by atoms with Gasteiger partial charge in [0.15, 0.2) is 5.16 Å². The zero-order valence-electron chi connectivity index (χ0n) is 17.9. The Morgan fingerprint density at radius 1 is 1.16 bits per heavy atom. The maximum atomic E-state index is 12.7. The van der Waals surface area contributed by atoms with Gasteiger partial charge < -0.3 is 14.5 Å². The molecule has 1 amide bonds. The third-order valence-electron chi connectivity index (χ3n) is 5.30. The molecule has 0 N–H and O–H groups in total. The lowest BCUT2D eigenvalue weighted by Crippen LogP contribution is -2.32. The number of aromatic nitrogens is 3. The Labute approximate surface area is 191 Å². The number of hydrogen-bond acceptors (Lipinski definition) is 7. The second-order valence-corrected chi connectivity index (χ2v) is 9.43. The number of thioether (sulfide) groups is 1. The van der Waals surface area contributed by atoms with E-state index in [-0.39, 0.29) is 5.91 Å². The van der Waals surface area contributed by atoms with Crippen molar-refractivity contribution in [1.82, 2.24) is 19.7 Å². The van der Waals surface area contributed by atoms with E-state index in [1.54, 1.807) is 23.3 Å². The van der Waals surface area contributed by atoms with E-state index >= 15 is 0 Å². The van der Waals surface area contributed by atoms with Gasteiger partial charge in [0.25, 0.3) is 0 Å². The van der Waals surface area contributed by atoms with Crippen LogP contribution in [0.15, 0.2) is 46.9 Å². The summed E-state index contributed by atoms with van der Waals surface area (Å²) in [5, 5.41) is 11.7. The Balaban J connectivity index is 1.57. The van der Waals surface area contributed by atoms with Gasteiger partial charge in [-0.05, 0) is 42.8 Å². The first-order valence-electron chi connectivity index (χ1n) is 10.4. The van der Waals surface area contributed by atoms with Crippen LogP contribution >= 0.6 is 23.1 Å². The number of rotatable bonds is 8. The van der Waals surface area contributed by atoms with E-state index in [9.17, 15) is 4.79 Å². The fourth-order valence-electron chi connectivity index (χ4n) is 3.64. The van der Waals surface area contributed by atoms with Gasteiger partial charge in [0, 0.05) is 25.0 Å². The van der Waals surface area contributed by atoms with Crippen LogP contribution in [0.4, 0.5) is 5.95 Å². The molecule has 9 heteroatoms. The molecule has 1 aliphatic rings. The van der Waals surface area contributed by atoms with Crippen LogP contribution in [-0.2, 0) is 11.3 Å². The summed E-state index contributed by atoms with van der Waals surface area (Å²) < 4.78 is 7.64. The molecule has 164 valence electrons. The number of ether oxygens (including phenoxy) is 1. The van der Waals surface area contributed by atoms with Gasteiger partial charge in [0.1, 0.15) is 5.75 Å². The normalized spacial score (nSPS) is 13.9. The van der Waals surface area contributed by atoms with Crippen LogP contribution in [-0.4, -0.2) is 58.6 Å². The van der Waals surface area contributed by atoms with Crippen molar-refractivity contribution in [2.24, 2.45) is 0 Å². The fraction of sp³-hybridized carbons (Fsp3) is 0.409. The summed E-state index contributed by atoms with van der Waals surface area (Å²) in [6.07, 6.45) is 3.53. The first-order valence-corrected chi connectivity index (χ1v) is 12.3. The van der Waals surface area contributed by atoms with Crippen molar-refractivity contribution in [2.75, 3.05) is 37.9 Å².